The maximum atomic E-state index is 10.5. The first-order valence-corrected chi connectivity index (χ1v) is 26.7. The highest BCUT2D eigenvalue weighted by molar-refractivity contribution is 6.76. The molecule has 0 spiro atoms. The molecule has 288 valence electrons. The van der Waals surface area contributed by atoms with E-state index in [1.165, 1.54) is 0 Å². The molecule has 3 heterocycles. The minimum Gasteiger partial charge on any atom is -0.494 e. The summed E-state index contributed by atoms with van der Waals surface area (Å²) >= 11 is 0. The van der Waals surface area contributed by atoms with Crippen molar-refractivity contribution in [3.8, 4) is 22.4 Å². The predicted octanol–water partition coefficient (Wildman–Crippen LogP) is 8.52. The summed E-state index contributed by atoms with van der Waals surface area (Å²) in [4.78, 5) is 12.4. The molecule has 12 heteroatoms. The van der Waals surface area contributed by atoms with Crippen molar-refractivity contribution in [1.82, 2.24) is 19.6 Å². The van der Waals surface area contributed by atoms with Gasteiger partial charge in [0.05, 0.1) is 42.5 Å². The van der Waals surface area contributed by atoms with E-state index in [-0.39, 0.29) is 18.4 Å². The first-order chi connectivity index (χ1) is 25.3. The lowest BCUT2D eigenvalue weighted by molar-refractivity contribution is 0.0300. The van der Waals surface area contributed by atoms with E-state index in [9.17, 15) is 10.2 Å². The van der Waals surface area contributed by atoms with E-state index in [1.54, 1.807) is 0 Å². The van der Waals surface area contributed by atoms with Crippen molar-refractivity contribution in [3.63, 3.8) is 0 Å². The van der Waals surface area contributed by atoms with E-state index in [2.05, 4.69) is 69.0 Å². The van der Waals surface area contributed by atoms with Crippen molar-refractivity contribution in [3.05, 3.63) is 72.7 Å². The third kappa shape index (κ3) is 10.9. The monoisotopic (exact) mass is 759 g/mol. The smallest absolute Gasteiger partial charge is 0.165 e. The summed E-state index contributed by atoms with van der Waals surface area (Å²) in [6.07, 6.45) is 6.24. The number of aliphatic hydroxyl groups is 2. The lowest BCUT2D eigenvalue weighted by Crippen LogP contribution is -2.35. The summed E-state index contributed by atoms with van der Waals surface area (Å²) < 4.78 is 21.0. The number of nitrogens with zero attached hydrogens (tertiary/aromatic N) is 5. The summed E-state index contributed by atoms with van der Waals surface area (Å²) in [7, 11) is -2.65. The molecule has 4 aromatic rings. The van der Waals surface area contributed by atoms with Crippen molar-refractivity contribution < 1.29 is 24.4 Å². The molecule has 0 amide bonds. The molecule has 53 heavy (non-hydrogen) atoms. The Morgan fingerprint density at radius 3 is 2.09 bits per heavy atom. The minimum atomic E-state index is -1.32. The minimum absolute atomic E-state index is 0.0498. The molecule has 5 rings (SSSR count). The molecule has 0 aliphatic heterocycles. The van der Waals surface area contributed by atoms with Crippen molar-refractivity contribution in [2.45, 2.75) is 96.0 Å². The molecular formula is C41H61N5O5Si2. The number of fused-ring (bicyclic) bond motifs is 1. The average molecular weight is 760 g/mol. The Morgan fingerprint density at radius 2 is 1.55 bits per heavy atom. The molecule has 1 unspecified atom stereocenters. The van der Waals surface area contributed by atoms with E-state index >= 15 is 0 Å². The standard InChI is InChI=1S/C41H61N5O5Si2/c1-9-51-30(2)38-39(33-17-15-32(16-18-33)37(48)27-47)44-40-35(34-19-20-36(42-25-34)31-13-11-10-12-14-31)26-43-46(40)41(38)45(28-49-21-23-52(3,4)5)29-50-22-24-53(6,7)8/h10-14,19-20,25-26,32-33,37,47-48H,2,9,15-18,21-24,27-29H2,1,3-8H3/t32-,33-,37?. The number of anilines is 1. The Kier molecular flexibility index (Phi) is 14.1. The van der Waals surface area contributed by atoms with E-state index in [0.717, 1.165) is 77.2 Å². The molecule has 1 aromatic carbocycles. The molecule has 1 aliphatic carbocycles. The second-order valence-electron chi connectivity index (χ2n) is 16.7. The quantitative estimate of drug-likeness (QED) is 0.0420. The zero-order valence-electron chi connectivity index (χ0n) is 33.0. The van der Waals surface area contributed by atoms with Gasteiger partial charge in [-0.05, 0) is 56.7 Å². The third-order valence-electron chi connectivity index (χ3n) is 10.1. The summed E-state index contributed by atoms with van der Waals surface area (Å²) in [5.74, 6) is 1.44. The largest absolute Gasteiger partial charge is 0.494 e. The first kappa shape index (κ1) is 40.8. The fraction of sp³-hybridized carbons (Fsp3) is 0.537. The molecule has 1 saturated carbocycles. The Hall–Kier alpha value is -3.40. The Balaban J connectivity index is 1.65. The molecule has 3 aromatic heterocycles. The molecule has 0 radical (unpaired) electrons. The van der Waals surface area contributed by atoms with Crippen LogP contribution in [0, 0.1) is 5.92 Å². The topological polar surface area (TPSA) is 114 Å². The van der Waals surface area contributed by atoms with Crippen LogP contribution in [0.5, 0.6) is 0 Å². The van der Waals surface area contributed by atoms with E-state index in [1.807, 2.05) is 48.1 Å². The molecule has 0 saturated heterocycles. The van der Waals surface area contributed by atoms with Gasteiger partial charge in [-0.25, -0.2) is 4.98 Å². The highest BCUT2D eigenvalue weighted by atomic mass is 28.3. The predicted molar refractivity (Wildman–Crippen MR) is 221 cm³/mol. The molecule has 1 fully saturated rings. The number of ether oxygens (including phenoxy) is 3. The average Bonchev–Trinajstić information content (AvgIpc) is 3.57. The van der Waals surface area contributed by atoms with Crippen molar-refractivity contribution >= 4 is 33.4 Å². The van der Waals surface area contributed by atoms with Crippen molar-refractivity contribution in [2.24, 2.45) is 5.92 Å². The van der Waals surface area contributed by atoms with Crippen molar-refractivity contribution in [2.75, 3.05) is 44.8 Å². The number of hydrogen-bond acceptors (Lipinski definition) is 9. The Labute approximate surface area is 318 Å². The maximum Gasteiger partial charge on any atom is 0.165 e. The number of aliphatic hydroxyl groups excluding tert-OH is 2. The van der Waals surface area contributed by atoms with Gasteiger partial charge >= 0.3 is 0 Å². The van der Waals surface area contributed by atoms with Gasteiger partial charge in [-0.1, -0.05) is 82.3 Å². The third-order valence-corrected chi connectivity index (χ3v) is 13.5. The van der Waals surface area contributed by atoms with E-state index in [4.69, 9.17) is 29.3 Å². The van der Waals surface area contributed by atoms with Crippen LogP contribution in [-0.2, 0) is 14.2 Å². The van der Waals surface area contributed by atoms with Gasteiger partial charge in [-0.3, -0.25) is 4.98 Å². The number of hydrogen-bond donors (Lipinski definition) is 2. The molecule has 1 atom stereocenters. The van der Waals surface area contributed by atoms with Gasteiger partial charge in [0.15, 0.2) is 5.65 Å². The maximum absolute atomic E-state index is 10.5. The van der Waals surface area contributed by atoms with Gasteiger partial charge < -0.3 is 29.3 Å². The molecule has 2 N–H and O–H groups in total. The van der Waals surface area contributed by atoms with Crippen LogP contribution in [0.4, 0.5) is 5.82 Å². The van der Waals surface area contributed by atoms with Crippen LogP contribution >= 0.6 is 0 Å². The fourth-order valence-electron chi connectivity index (χ4n) is 6.83. The molecule has 0 bridgehead atoms. The van der Waals surface area contributed by atoms with Crippen LogP contribution in [0.15, 0.2) is 61.4 Å². The zero-order valence-corrected chi connectivity index (χ0v) is 35.0. The highest BCUT2D eigenvalue weighted by Crippen LogP contribution is 2.43. The van der Waals surface area contributed by atoms with Gasteiger partial charge in [0, 0.05) is 58.2 Å². The summed E-state index contributed by atoms with van der Waals surface area (Å²) in [5.41, 5.74) is 6.16. The number of aromatic nitrogens is 4. The fourth-order valence-corrected chi connectivity index (χ4v) is 8.34. The SMILES string of the molecule is C=C(OCC)c1c(N(COCC[Si](C)(C)C)COCC[Si](C)(C)C)n2ncc(-c3ccc(-c4ccccc4)nc3)c2nc1[C@H]1CC[C@H](C(O)CO)CC1. The van der Waals surface area contributed by atoms with Crippen LogP contribution in [0.2, 0.25) is 51.4 Å². The summed E-state index contributed by atoms with van der Waals surface area (Å²) in [6.45, 7) is 22.7. The van der Waals surface area contributed by atoms with Crippen LogP contribution < -0.4 is 4.90 Å². The molecule has 1 aliphatic rings. The van der Waals surface area contributed by atoms with Crippen molar-refractivity contribution in [1.29, 1.82) is 0 Å². The van der Waals surface area contributed by atoms with Crippen LogP contribution in [0.1, 0.15) is 49.8 Å². The van der Waals surface area contributed by atoms with Crippen LogP contribution in [0.25, 0.3) is 33.8 Å². The van der Waals surface area contributed by atoms with Gasteiger partial charge in [-0.2, -0.15) is 9.61 Å². The number of benzene rings is 1. The van der Waals surface area contributed by atoms with Gasteiger partial charge in [0.25, 0.3) is 0 Å². The number of pyridine rings is 1. The second kappa shape index (κ2) is 18.3. The first-order valence-electron chi connectivity index (χ1n) is 19.2. The summed E-state index contributed by atoms with van der Waals surface area (Å²) in [5, 5.41) is 25.2. The Morgan fingerprint density at radius 1 is 0.906 bits per heavy atom. The van der Waals surface area contributed by atoms with Crippen LogP contribution in [-0.4, -0.2) is 91.9 Å². The van der Waals surface area contributed by atoms with E-state index < -0.39 is 22.3 Å². The zero-order chi connectivity index (χ0) is 38.2. The van der Waals surface area contributed by atoms with Gasteiger partial charge in [0.1, 0.15) is 25.0 Å². The summed E-state index contributed by atoms with van der Waals surface area (Å²) in [6, 6.07) is 16.4. The second-order valence-corrected chi connectivity index (χ2v) is 28.0. The van der Waals surface area contributed by atoms with Gasteiger partial charge in [0.2, 0.25) is 0 Å². The lowest BCUT2D eigenvalue weighted by Gasteiger charge is -2.34. The molecule has 10 nitrogen and oxygen atoms in total. The van der Waals surface area contributed by atoms with Gasteiger partial charge in [-0.15, -0.1) is 0 Å². The van der Waals surface area contributed by atoms with E-state index in [0.29, 0.717) is 44.7 Å². The molecular weight excluding hydrogens is 699 g/mol. The van der Waals surface area contributed by atoms with Crippen LogP contribution in [0.3, 0.4) is 0 Å². The Bertz CT molecular complexity index is 1740. The number of rotatable bonds is 19. The highest BCUT2D eigenvalue weighted by Gasteiger charge is 2.34. The lowest BCUT2D eigenvalue weighted by atomic mass is 9.77. The normalized spacial score (nSPS) is 17.2.